The van der Waals surface area contributed by atoms with Gasteiger partial charge in [-0.3, -0.25) is 0 Å². The maximum Gasteiger partial charge on any atom is 0.142 e. The molecule has 76 valence electrons. The van der Waals surface area contributed by atoms with E-state index < -0.39 is 0 Å². The van der Waals surface area contributed by atoms with E-state index in [1.165, 1.54) is 10.6 Å². The summed E-state index contributed by atoms with van der Waals surface area (Å²) >= 11 is 1.72. The fourth-order valence-electron chi connectivity index (χ4n) is 1.65. The summed E-state index contributed by atoms with van der Waals surface area (Å²) in [6.45, 7) is 1.97. The molecule has 0 unspecified atom stereocenters. The van der Waals surface area contributed by atoms with Gasteiger partial charge in [0.15, 0.2) is 0 Å². The summed E-state index contributed by atoms with van der Waals surface area (Å²) in [5, 5.41) is 4.35. The molecule has 0 aromatic carbocycles. The smallest absolute Gasteiger partial charge is 0.142 e. The molecule has 0 amide bonds. The molecule has 1 aliphatic heterocycles. The van der Waals surface area contributed by atoms with Crippen LogP contribution in [0.1, 0.15) is 10.6 Å². The topological polar surface area (TPSA) is 50.7 Å². The second kappa shape index (κ2) is 3.67. The van der Waals surface area contributed by atoms with Crippen LogP contribution in [-0.2, 0) is 13.0 Å². The van der Waals surface area contributed by atoms with Crippen LogP contribution in [0.4, 0.5) is 0 Å². The molecule has 4 nitrogen and oxygen atoms in total. The summed E-state index contributed by atoms with van der Waals surface area (Å²) in [6, 6.07) is 1.90. The van der Waals surface area contributed by atoms with Crippen molar-refractivity contribution in [3.8, 4) is 10.7 Å². The zero-order valence-electron chi connectivity index (χ0n) is 8.10. The van der Waals surface area contributed by atoms with Crippen LogP contribution in [0.15, 0.2) is 18.6 Å². The fraction of sp³-hybridized carbons (Fsp3) is 0.300. The van der Waals surface area contributed by atoms with Crippen molar-refractivity contribution in [3.05, 3.63) is 29.2 Å². The number of thiazole rings is 1. The van der Waals surface area contributed by atoms with Gasteiger partial charge < -0.3 is 5.32 Å². The quantitative estimate of drug-likeness (QED) is 0.782. The zero-order chi connectivity index (χ0) is 10.1. The van der Waals surface area contributed by atoms with Gasteiger partial charge in [-0.1, -0.05) is 0 Å². The van der Waals surface area contributed by atoms with Gasteiger partial charge >= 0.3 is 0 Å². The Morgan fingerprint density at radius 1 is 1.40 bits per heavy atom. The first-order valence-electron chi connectivity index (χ1n) is 4.89. The maximum atomic E-state index is 4.61. The molecule has 2 aromatic heterocycles. The van der Waals surface area contributed by atoms with E-state index in [9.17, 15) is 0 Å². The van der Waals surface area contributed by atoms with Crippen molar-refractivity contribution in [2.24, 2.45) is 0 Å². The minimum Gasteiger partial charge on any atom is -0.311 e. The van der Waals surface area contributed by atoms with Crippen molar-refractivity contribution >= 4 is 11.3 Å². The molecular weight excluding hydrogens is 208 g/mol. The van der Waals surface area contributed by atoms with Crippen molar-refractivity contribution < 1.29 is 0 Å². The second-order valence-corrected chi connectivity index (χ2v) is 4.49. The predicted molar refractivity (Wildman–Crippen MR) is 58.6 cm³/mol. The molecule has 3 rings (SSSR count). The predicted octanol–water partition coefficient (Wildman–Crippen LogP) is 1.25. The van der Waals surface area contributed by atoms with Crippen molar-refractivity contribution in [1.82, 2.24) is 20.3 Å². The second-order valence-electron chi connectivity index (χ2n) is 3.41. The Kier molecular flexibility index (Phi) is 2.19. The molecule has 0 bridgehead atoms. The lowest BCUT2D eigenvalue weighted by atomic mass is 10.2. The van der Waals surface area contributed by atoms with Crippen molar-refractivity contribution in [3.63, 3.8) is 0 Å². The Bertz CT molecular complexity index is 442. The number of nitrogens with one attached hydrogen (secondary N) is 1. The molecule has 3 heterocycles. The molecule has 0 saturated carbocycles. The maximum absolute atomic E-state index is 4.61. The van der Waals surface area contributed by atoms with Crippen LogP contribution in [-0.4, -0.2) is 21.5 Å². The average molecular weight is 218 g/mol. The van der Waals surface area contributed by atoms with Crippen molar-refractivity contribution in [2.75, 3.05) is 6.54 Å². The Morgan fingerprint density at radius 2 is 2.40 bits per heavy atom. The standard InChI is InChI=1S/C10H10N4S/c1-3-11-5-9-7(1)14-10(15-9)8-2-4-12-6-13-8/h2,4,6,11H,1,3,5H2. The highest BCUT2D eigenvalue weighted by atomic mass is 32.1. The Hall–Kier alpha value is -1.33. The average Bonchev–Trinajstić information content (AvgIpc) is 2.74. The first kappa shape index (κ1) is 8.94. The van der Waals surface area contributed by atoms with Gasteiger partial charge in [-0.2, -0.15) is 0 Å². The molecule has 0 aliphatic carbocycles. The van der Waals surface area contributed by atoms with E-state index in [2.05, 4.69) is 20.3 Å². The Morgan fingerprint density at radius 3 is 3.20 bits per heavy atom. The highest BCUT2D eigenvalue weighted by molar-refractivity contribution is 7.15. The molecule has 2 aromatic rings. The first-order valence-corrected chi connectivity index (χ1v) is 5.71. The van der Waals surface area contributed by atoms with Crippen LogP contribution in [0, 0.1) is 0 Å². The van der Waals surface area contributed by atoms with Gasteiger partial charge in [0.25, 0.3) is 0 Å². The normalized spacial score (nSPS) is 14.9. The zero-order valence-corrected chi connectivity index (χ0v) is 8.92. The minimum absolute atomic E-state index is 0.921. The highest BCUT2D eigenvalue weighted by Gasteiger charge is 2.15. The SMILES string of the molecule is c1cc(-c2nc3c(s2)CNCC3)ncn1. The highest BCUT2D eigenvalue weighted by Crippen LogP contribution is 2.27. The molecule has 0 spiro atoms. The van der Waals surface area contributed by atoms with Gasteiger partial charge in [0, 0.05) is 30.6 Å². The van der Waals surface area contributed by atoms with Gasteiger partial charge in [0.2, 0.25) is 0 Å². The lowest BCUT2D eigenvalue weighted by Gasteiger charge is -2.09. The monoisotopic (exact) mass is 218 g/mol. The van der Waals surface area contributed by atoms with Crippen LogP contribution in [0.3, 0.4) is 0 Å². The fourth-order valence-corrected chi connectivity index (χ4v) is 2.71. The third-order valence-electron chi connectivity index (χ3n) is 2.40. The van der Waals surface area contributed by atoms with Crippen LogP contribution in [0.5, 0.6) is 0 Å². The summed E-state index contributed by atoms with van der Waals surface area (Å²) in [5.41, 5.74) is 2.15. The summed E-state index contributed by atoms with van der Waals surface area (Å²) in [6.07, 6.45) is 4.34. The van der Waals surface area contributed by atoms with Gasteiger partial charge in [-0.25, -0.2) is 15.0 Å². The molecule has 0 saturated heterocycles. The first-order chi connectivity index (χ1) is 7.43. The lowest BCUT2D eigenvalue weighted by Crippen LogP contribution is -2.22. The molecule has 5 heteroatoms. The summed E-state index contributed by atoms with van der Waals surface area (Å²) in [7, 11) is 0. The Balaban J connectivity index is 2.03. The van der Waals surface area contributed by atoms with Crippen LogP contribution in [0.25, 0.3) is 10.7 Å². The number of rotatable bonds is 1. The summed E-state index contributed by atoms with van der Waals surface area (Å²) in [5.74, 6) is 0. The number of hydrogen-bond donors (Lipinski definition) is 1. The molecule has 1 aliphatic rings. The van der Waals surface area contributed by atoms with E-state index in [0.717, 1.165) is 30.2 Å². The number of hydrogen-bond acceptors (Lipinski definition) is 5. The van der Waals surface area contributed by atoms with Crippen LogP contribution >= 0.6 is 11.3 Å². The Labute approximate surface area is 91.4 Å². The third kappa shape index (κ3) is 1.64. The van der Waals surface area contributed by atoms with Gasteiger partial charge in [-0.05, 0) is 6.07 Å². The number of aromatic nitrogens is 3. The van der Waals surface area contributed by atoms with Gasteiger partial charge in [-0.15, -0.1) is 11.3 Å². The van der Waals surface area contributed by atoms with E-state index in [1.54, 1.807) is 23.9 Å². The largest absolute Gasteiger partial charge is 0.311 e. The van der Waals surface area contributed by atoms with E-state index in [-0.39, 0.29) is 0 Å². The molecule has 0 atom stereocenters. The molecule has 15 heavy (non-hydrogen) atoms. The van der Waals surface area contributed by atoms with Gasteiger partial charge in [0.1, 0.15) is 17.0 Å². The van der Waals surface area contributed by atoms with E-state index in [0.29, 0.717) is 0 Å². The minimum atomic E-state index is 0.921. The van der Waals surface area contributed by atoms with Gasteiger partial charge in [0.05, 0.1) is 5.69 Å². The molecule has 1 N–H and O–H groups in total. The summed E-state index contributed by atoms with van der Waals surface area (Å²) < 4.78 is 0. The number of fused-ring (bicyclic) bond motifs is 1. The third-order valence-corrected chi connectivity index (χ3v) is 3.52. The lowest BCUT2D eigenvalue weighted by molar-refractivity contribution is 0.644. The van der Waals surface area contributed by atoms with Crippen LogP contribution in [0.2, 0.25) is 0 Å². The van der Waals surface area contributed by atoms with E-state index >= 15 is 0 Å². The van der Waals surface area contributed by atoms with Crippen molar-refractivity contribution in [1.29, 1.82) is 0 Å². The van der Waals surface area contributed by atoms with Crippen LogP contribution < -0.4 is 5.32 Å². The van der Waals surface area contributed by atoms with E-state index in [1.807, 2.05) is 6.07 Å². The number of nitrogens with zero attached hydrogens (tertiary/aromatic N) is 3. The summed E-state index contributed by atoms with van der Waals surface area (Å²) in [4.78, 5) is 14.1. The van der Waals surface area contributed by atoms with E-state index in [4.69, 9.17) is 0 Å². The van der Waals surface area contributed by atoms with Crippen molar-refractivity contribution in [2.45, 2.75) is 13.0 Å². The molecule has 0 radical (unpaired) electrons. The molecule has 0 fully saturated rings. The molecular formula is C10H10N4S.